The van der Waals surface area contributed by atoms with Gasteiger partial charge in [-0.05, 0) is 32.4 Å². The molecule has 0 aromatic heterocycles. The molecule has 0 bridgehead atoms. The van der Waals surface area contributed by atoms with Crippen LogP contribution in [0.15, 0.2) is 18.2 Å². The Kier molecular flexibility index (Phi) is 4.56. The first-order valence-corrected chi connectivity index (χ1v) is 6.78. The van der Waals surface area contributed by atoms with Gasteiger partial charge in [-0.25, -0.2) is 0 Å². The summed E-state index contributed by atoms with van der Waals surface area (Å²) in [6.45, 7) is 9.08. The first kappa shape index (κ1) is 14.0. The van der Waals surface area contributed by atoms with Gasteiger partial charge in [-0.3, -0.25) is 9.69 Å². The molecule has 1 saturated heterocycles. The highest BCUT2D eigenvalue weighted by atomic mass is 16.5. The lowest BCUT2D eigenvalue weighted by Gasteiger charge is -2.31. The Bertz CT molecular complexity index is 453. The van der Waals surface area contributed by atoms with Gasteiger partial charge in [-0.2, -0.15) is 0 Å². The summed E-state index contributed by atoms with van der Waals surface area (Å²) in [5.74, 6) is 0.0499. The normalized spacial score (nSPS) is 18.1. The standard InChI is InChI=1S/C15H22N2O2/c1-11-4-5-14(12(2)10-11)16-15(18)13(3)17-6-8-19-9-7-17/h4-5,10,13H,6-9H2,1-3H3,(H,16,18). The average molecular weight is 262 g/mol. The summed E-state index contributed by atoms with van der Waals surface area (Å²) in [6, 6.07) is 5.94. The predicted molar refractivity (Wildman–Crippen MR) is 76.4 cm³/mol. The van der Waals surface area contributed by atoms with E-state index < -0.39 is 0 Å². The molecule has 0 spiro atoms. The quantitative estimate of drug-likeness (QED) is 0.905. The van der Waals surface area contributed by atoms with E-state index >= 15 is 0 Å². The van der Waals surface area contributed by atoms with Gasteiger partial charge in [-0.1, -0.05) is 17.7 Å². The number of carbonyl (C=O) groups excluding carboxylic acids is 1. The van der Waals surface area contributed by atoms with Gasteiger partial charge < -0.3 is 10.1 Å². The van der Waals surface area contributed by atoms with Crippen LogP contribution < -0.4 is 5.32 Å². The molecule has 1 aliphatic rings. The van der Waals surface area contributed by atoms with Crippen LogP contribution in [0.4, 0.5) is 5.69 Å². The van der Waals surface area contributed by atoms with Gasteiger partial charge >= 0.3 is 0 Å². The van der Waals surface area contributed by atoms with Gasteiger partial charge in [0.2, 0.25) is 5.91 Å². The molecule has 2 rings (SSSR count). The van der Waals surface area contributed by atoms with E-state index in [9.17, 15) is 4.79 Å². The molecule has 1 aliphatic heterocycles. The van der Waals surface area contributed by atoms with Gasteiger partial charge in [0.15, 0.2) is 0 Å². The van der Waals surface area contributed by atoms with E-state index in [1.54, 1.807) is 0 Å². The molecule has 1 N–H and O–H groups in total. The smallest absolute Gasteiger partial charge is 0.241 e. The Morgan fingerprint density at radius 3 is 2.63 bits per heavy atom. The number of morpholine rings is 1. The number of carbonyl (C=O) groups is 1. The number of benzene rings is 1. The van der Waals surface area contributed by atoms with Crippen molar-refractivity contribution in [2.45, 2.75) is 26.8 Å². The second-order valence-electron chi connectivity index (χ2n) is 5.13. The highest BCUT2D eigenvalue weighted by Gasteiger charge is 2.23. The molecule has 0 saturated carbocycles. The van der Waals surface area contributed by atoms with E-state index in [0.29, 0.717) is 13.2 Å². The zero-order valence-electron chi connectivity index (χ0n) is 11.9. The highest BCUT2D eigenvalue weighted by molar-refractivity contribution is 5.95. The number of nitrogens with zero attached hydrogens (tertiary/aromatic N) is 1. The number of aryl methyl sites for hydroxylation is 2. The van der Waals surface area contributed by atoms with Crippen LogP contribution in [-0.4, -0.2) is 43.2 Å². The Morgan fingerprint density at radius 1 is 1.32 bits per heavy atom. The molecule has 0 aliphatic carbocycles. The fourth-order valence-corrected chi connectivity index (χ4v) is 2.32. The summed E-state index contributed by atoms with van der Waals surface area (Å²) in [7, 11) is 0. The Hall–Kier alpha value is -1.39. The van der Waals surface area contributed by atoms with E-state index in [2.05, 4.69) is 23.2 Å². The van der Waals surface area contributed by atoms with Crippen LogP contribution >= 0.6 is 0 Å². The van der Waals surface area contributed by atoms with Crippen molar-refractivity contribution < 1.29 is 9.53 Å². The monoisotopic (exact) mass is 262 g/mol. The first-order valence-electron chi connectivity index (χ1n) is 6.78. The van der Waals surface area contributed by atoms with Crippen LogP contribution in [-0.2, 0) is 9.53 Å². The molecule has 1 fully saturated rings. The third-order valence-corrected chi connectivity index (χ3v) is 3.61. The van der Waals surface area contributed by atoms with Crippen LogP contribution in [0.2, 0.25) is 0 Å². The second-order valence-corrected chi connectivity index (χ2v) is 5.13. The van der Waals surface area contributed by atoms with Gasteiger partial charge in [0.1, 0.15) is 0 Å². The Balaban J connectivity index is 1.99. The molecule has 104 valence electrons. The minimum absolute atomic E-state index is 0.0499. The molecular weight excluding hydrogens is 240 g/mol. The third kappa shape index (κ3) is 3.55. The molecule has 0 radical (unpaired) electrons. The maximum Gasteiger partial charge on any atom is 0.241 e. The van der Waals surface area contributed by atoms with Gasteiger partial charge in [0.05, 0.1) is 19.3 Å². The molecule has 1 aromatic carbocycles. The van der Waals surface area contributed by atoms with Crippen molar-refractivity contribution in [3.8, 4) is 0 Å². The average Bonchev–Trinajstić information content (AvgIpc) is 2.42. The highest BCUT2D eigenvalue weighted by Crippen LogP contribution is 2.17. The molecule has 4 heteroatoms. The molecular formula is C15H22N2O2. The fourth-order valence-electron chi connectivity index (χ4n) is 2.32. The molecule has 1 atom stereocenters. The van der Waals surface area contributed by atoms with E-state index in [1.165, 1.54) is 5.56 Å². The van der Waals surface area contributed by atoms with E-state index in [1.807, 2.05) is 26.0 Å². The van der Waals surface area contributed by atoms with Crippen molar-refractivity contribution in [2.24, 2.45) is 0 Å². The summed E-state index contributed by atoms with van der Waals surface area (Å²) in [6.07, 6.45) is 0. The van der Waals surface area contributed by atoms with Crippen molar-refractivity contribution >= 4 is 11.6 Å². The molecule has 1 aromatic rings. The molecule has 4 nitrogen and oxygen atoms in total. The maximum atomic E-state index is 12.3. The summed E-state index contributed by atoms with van der Waals surface area (Å²) in [4.78, 5) is 14.4. The lowest BCUT2D eigenvalue weighted by Crippen LogP contribution is -2.47. The van der Waals surface area contributed by atoms with Gasteiger partial charge in [0, 0.05) is 18.8 Å². The van der Waals surface area contributed by atoms with Crippen molar-refractivity contribution in [2.75, 3.05) is 31.6 Å². The topological polar surface area (TPSA) is 41.6 Å². The summed E-state index contributed by atoms with van der Waals surface area (Å²) < 4.78 is 5.31. The number of nitrogens with one attached hydrogen (secondary N) is 1. The molecule has 1 unspecified atom stereocenters. The maximum absolute atomic E-state index is 12.3. The second kappa shape index (κ2) is 6.17. The lowest BCUT2D eigenvalue weighted by molar-refractivity contribution is -0.122. The number of anilines is 1. The summed E-state index contributed by atoms with van der Waals surface area (Å²) >= 11 is 0. The van der Waals surface area contributed by atoms with Crippen molar-refractivity contribution in [1.82, 2.24) is 4.90 Å². The van der Waals surface area contributed by atoms with E-state index in [-0.39, 0.29) is 11.9 Å². The van der Waals surface area contributed by atoms with E-state index in [0.717, 1.165) is 24.3 Å². The lowest BCUT2D eigenvalue weighted by atomic mass is 10.1. The number of hydrogen-bond acceptors (Lipinski definition) is 3. The van der Waals surface area contributed by atoms with Gasteiger partial charge in [0.25, 0.3) is 0 Å². The largest absolute Gasteiger partial charge is 0.379 e. The number of amides is 1. The van der Waals surface area contributed by atoms with Crippen molar-refractivity contribution in [3.05, 3.63) is 29.3 Å². The minimum Gasteiger partial charge on any atom is -0.379 e. The van der Waals surface area contributed by atoms with Crippen LogP contribution in [0, 0.1) is 13.8 Å². The zero-order chi connectivity index (χ0) is 13.8. The van der Waals surface area contributed by atoms with Crippen LogP contribution in [0.5, 0.6) is 0 Å². The Labute approximate surface area is 114 Å². The molecule has 1 amide bonds. The fraction of sp³-hybridized carbons (Fsp3) is 0.533. The van der Waals surface area contributed by atoms with Crippen molar-refractivity contribution in [3.63, 3.8) is 0 Å². The zero-order valence-corrected chi connectivity index (χ0v) is 11.9. The van der Waals surface area contributed by atoms with Gasteiger partial charge in [-0.15, -0.1) is 0 Å². The van der Waals surface area contributed by atoms with Crippen LogP contribution in [0.25, 0.3) is 0 Å². The Morgan fingerprint density at radius 2 is 2.00 bits per heavy atom. The van der Waals surface area contributed by atoms with E-state index in [4.69, 9.17) is 4.74 Å². The number of rotatable bonds is 3. The molecule has 19 heavy (non-hydrogen) atoms. The molecule has 1 heterocycles. The summed E-state index contributed by atoms with van der Waals surface area (Å²) in [5.41, 5.74) is 3.20. The predicted octanol–water partition coefficient (Wildman–Crippen LogP) is 1.96. The first-order chi connectivity index (χ1) is 9.08. The minimum atomic E-state index is -0.121. The third-order valence-electron chi connectivity index (χ3n) is 3.61. The number of hydrogen-bond donors (Lipinski definition) is 1. The summed E-state index contributed by atoms with van der Waals surface area (Å²) in [5, 5.41) is 3.01. The van der Waals surface area contributed by atoms with Crippen molar-refractivity contribution in [1.29, 1.82) is 0 Å². The number of ether oxygens (including phenoxy) is 1. The SMILES string of the molecule is Cc1ccc(NC(=O)C(C)N2CCOCC2)c(C)c1. The van der Waals surface area contributed by atoms with Crippen LogP contribution in [0.3, 0.4) is 0 Å². The van der Waals surface area contributed by atoms with Crippen LogP contribution in [0.1, 0.15) is 18.1 Å².